The Morgan fingerprint density at radius 2 is 2.26 bits per heavy atom. The predicted octanol–water partition coefficient (Wildman–Crippen LogP) is 0.647. The third kappa shape index (κ3) is 4.63. The number of furan rings is 1. The van der Waals surface area contributed by atoms with Gasteiger partial charge in [0.05, 0.1) is 12.8 Å². The first-order valence-corrected chi connectivity index (χ1v) is 6.00. The van der Waals surface area contributed by atoms with Crippen LogP contribution in [0.3, 0.4) is 0 Å². The summed E-state index contributed by atoms with van der Waals surface area (Å²) in [6, 6.07) is 1.86. The van der Waals surface area contributed by atoms with E-state index in [0.29, 0.717) is 12.3 Å². The van der Waals surface area contributed by atoms with Crippen molar-refractivity contribution in [2.24, 2.45) is 0 Å². The molecule has 0 aliphatic carbocycles. The molecular formula is C12H18N2O5. The van der Waals surface area contributed by atoms with Crippen LogP contribution in [0.5, 0.6) is 0 Å². The number of urea groups is 1. The maximum Gasteiger partial charge on any atom is 0.326 e. The molecule has 0 aliphatic heterocycles. The molecule has 0 spiro atoms. The van der Waals surface area contributed by atoms with Gasteiger partial charge in [-0.05, 0) is 19.1 Å². The fourth-order valence-corrected chi connectivity index (χ4v) is 1.54. The van der Waals surface area contributed by atoms with Crippen LogP contribution in [-0.4, -0.2) is 46.3 Å². The summed E-state index contributed by atoms with van der Waals surface area (Å²) in [6.07, 6.45) is 1.48. The number of aliphatic hydroxyl groups excluding tert-OH is 1. The van der Waals surface area contributed by atoms with Crippen molar-refractivity contribution in [3.8, 4) is 0 Å². The molecule has 7 heteroatoms. The Bertz CT molecular complexity index is 404. The van der Waals surface area contributed by atoms with Crippen LogP contribution in [0.15, 0.2) is 22.8 Å². The lowest BCUT2D eigenvalue weighted by Crippen LogP contribution is -2.48. The molecule has 0 aromatic carbocycles. The number of nitrogens with zero attached hydrogens (tertiary/aromatic N) is 1. The van der Waals surface area contributed by atoms with E-state index in [2.05, 4.69) is 5.32 Å². The molecule has 1 aromatic heterocycles. The zero-order valence-electron chi connectivity index (χ0n) is 10.7. The second-order valence-electron chi connectivity index (χ2n) is 3.95. The molecule has 1 atom stereocenters. The van der Waals surface area contributed by atoms with Gasteiger partial charge in [0.2, 0.25) is 0 Å². The van der Waals surface area contributed by atoms with Gasteiger partial charge >= 0.3 is 12.0 Å². The topological polar surface area (TPSA) is 103 Å². The van der Waals surface area contributed by atoms with E-state index in [9.17, 15) is 9.59 Å². The summed E-state index contributed by atoms with van der Waals surface area (Å²) in [5, 5.41) is 20.0. The van der Waals surface area contributed by atoms with Crippen LogP contribution in [0.4, 0.5) is 4.79 Å². The molecule has 0 saturated heterocycles. The number of aliphatic hydroxyl groups is 1. The second kappa shape index (κ2) is 7.42. The first-order valence-electron chi connectivity index (χ1n) is 6.00. The lowest BCUT2D eigenvalue weighted by molar-refractivity contribution is -0.139. The molecule has 2 amide bonds. The average molecular weight is 270 g/mol. The minimum atomic E-state index is -1.17. The van der Waals surface area contributed by atoms with Crippen LogP contribution in [-0.2, 0) is 11.3 Å². The van der Waals surface area contributed by atoms with Gasteiger partial charge in [-0.3, -0.25) is 0 Å². The molecule has 1 aromatic rings. The molecule has 7 nitrogen and oxygen atoms in total. The van der Waals surface area contributed by atoms with Crippen molar-refractivity contribution in [2.45, 2.75) is 25.9 Å². The fraction of sp³-hybridized carbons (Fsp3) is 0.500. The first kappa shape index (κ1) is 15.0. The molecule has 1 rings (SSSR count). The summed E-state index contributed by atoms with van der Waals surface area (Å²) in [4.78, 5) is 24.2. The Labute approximate surface area is 110 Å². The van der Waals surface area contributed by atoms with Gasteiger partial charge in [0.15, 0.2) is 0 Å². The summed E-state index contributed by atoms with van der Waals surface area (Å²) < 4.78 is 5.14. The van der Waals surface area contributed by atoms with Crippen LogP contribution in [0.25, 0.3) is 0 Å². The molecule has 106 valence electrons. The zero-order valence-corrected chi connectivity index (χ0v) is 10.7. The van der Waals surface area contributed by atoms with Crippen molar-refractivity contribution in [2.75, 3.05) is 13.2 Å². The number of hydrogen-bond acceptors (Lipinski definition) is 4. The van der Waals surface area contributed by atoms with E-state index in [1.54, 1.807) is 19.1 Å². The molecule has 3 N–H and O–H groups in total. The van der Waals surface area contributed by atoms with E-state index in [1.807, 2.05) is 0 Å². The van der Waals surface area contributed by atoms with Gasteiger partial charge in [-0.15, -0.1) is 0 Å². The van der Waals surface area contributed by atoms with E-state index in [-0.39, 0.29) is 19.6 Å². The largest absolute Gasteiger partial charge is 0.480 e. The zero-order chi connectivity index (χ0) is 14.3. The predicted molar refractivity (Wildman–Crippen MR) is 66.5 cm³/mol. The molecule has 0 fully saturated rings. The van der Waals surface area contributed by atoms with Crippen molar-refractivity contribution >= 4 is 12.0 Å². The Balaban J connectivity index is 2.59. The van der Waals surface area contributed by atoms with Gasteiger partial charge in [-0.1, -0.05) is 0 Å². The average Bonchev–Trinajstić information content (AvgIpc) is 2.87. The summed E-state index contributed by atoms with van der Waals surface area (Å²) in [7, 11) is 0. The highest BCUT2D eigenvalue weighted by atomic mass is 16.4. The number of amides is 2. The number of carboxylic acid groups (broad SMARTS) is 1. The highest BCUT2D eigenvalue weighted by Gasteiger charge is 2.22. The molecule has 0 radical (unpaired) electrons. The van der Waals surface area contributed by atoms with E-state index in [1.165, 1.54) is 11.2 Å². The number of carbonyl (C=O) groups excluding carboxylic acids is 1. The van der Waals surface area contributed by atoms with Gasteiger partial charge in [0.1, 0.15) is 11.8 Å². The van der Waals surface area contributed by atoms with Crippen molar-refractivity contribution in [3.63, 3.8) is 0 Å². The fourth-order valence-electron chi connectivity index (χ4n) is 1.54. The third-order valence-corrected chi connectivity index (χ3v) is 2.61. The Morgan fingerprint density at radius 1 is 1.53 bits per heavy atom. The lowest BCUT2D eigenvalue weighted by atomic mass is 10.2. The van der Waals surface area contributed by atoms with Crippen LogP contribution in [0.1, 0.15) is 19.1 Å². The molecule has 0 unspecified atom stereocenters. The summed E-state index contributed by atoms with van der Waals surface area (Å²) in [5.41, 5.74) is 0. The molecule has 0 bridgehead atoms. The van der Waals surface area contributed by atoms with Crippen LogP contribution in [0.2, 0.25) is 0 Å². The number of rotatable bonds is 7. The number of carboxylic acids is 1. The van der Waals surface area contributed by atoms with Gasteiger partial charge in [-0.25, -0.2) is 9.59 Å². The van der Waals surface area contributed by atoms with Crippen molar-refractivity contribution in [3.05, 3.63) is 24.2 Å². The first-order chi connectivity index (χ1) is 9.08. The normalized spacial score (nSPS) is 11.9. The summed E-state index contributed by atoms with van der Waals surface area (Å²) in [5.74, 6) is -0.553. The standard InChI is InChI=1S/C12H18N2O5/c1-2-14(8-9-4-3-7-19-9)12(18)13-10(5-6-15)11(16)17/h3-4,7,10,15H,2,5-6,8H2,1H3,(H,13,18)(H,16,17)/t10-/m0/s1. The van der Waals surface area contributed by atoms with Crippen LogP contribution >= 0.6 is 0 Å². The Hall–Kier alpha value is -2.02. The molecular weight excluding hydrogens is 252 g/mol. The minimum Gasteiger partial charge on any atom is -0.480 e. The third-order valence-electron chi connectivity index (χ3n) is 2.61. The molecule has 0 saturated carbocycles. The van der Waals surface area contributed by atoms with Gasteiger partial charge in [-0.2, -0.15) is 0 Å². The number of aliphatic carboxylic acids is 1. The number of carbonyl (C=O) groups is 2. The maximum absolute atomic E-state index is 11.9. The van der Waals surface area contributed by atoms with Crippen LogP contribution in [0, 0.1) is 0 Å². The highest BCUT2D eigenvalue weighted by Crippen LogP contribution is 2.06. The molecule has 0 aliphatic rings. The molecule has 1 heterocycles. The Morgan fingerprint density at radius 3 is 2.74 bits per heavy atom. The Kier molecular flexibility index (Phi) is 5.87. The van der Waals surface area contributed by atoms with Gasteiger partial charge < -0.3 is 24.8 Å². The van der Waals surface area contributed by atoms with E-state index < -0.39 is 18.0 Å². The van der Waals surface area contributed by atoms with Crippen molar-refractivity contribution < 1.29 is 24.2 Å². The second-order valence-corrected chi connectivity index (χ2v) is 3.95. The summed E-state index contributed by atoms with van der Waals surface area (Å²) in [6.45, 7) is 2.16. The lowest BCUT2D eigenvalue weighted by Gasteiger charge is -2.22. The highest BCUT2D eigenvalue weighted by molar-refractivity contribution is 5.82. The number of hydrogen-bond donors (Lipinski definition) is 3. The van der Waals surface area contributed by atoms with Gasteiger partial charge in [0.25, 0.3) is 0 Å². The summed E-state index contributed by atoms with van der Waals surface area (Å²) >= 11 is 0. The quantitative estimate of drug-likeness (QED) is 0.675. The van der Waals surface area contributed by atoms with Crippen LogP contribution < -0.4 is 5.32 Å². The van der Waals surface area contributed by atoms with E-state index in [4.69, 9.17) is 14.6 Å². The minimum absolute atomic E-state index is 0.0284. The SMILES string of the molecule is CCN(Cc1ccco1)C(=O)N[C@@H](CCO)C(=O)O. The number of nitrogens with one attached hydrogen (secondary N) is 1. The smallest absolute Gasteiger partial charge is 0.326 e. The monoisotopic (exact) mass is 270 g/mol. The van der Waals surface area contributed by atoms with E-state index >= 15 is 0 Å². The van der Waals surface area contributed by atoms with Crippen molar-refractivity contribution in [1.29, 1.82) is 0 Å². The van der Waals surface area contributed by atoms with Gasteiger partial charge in [0, 0.05) is 19.6 Å². The molecule has 19 heavy (non-hydrogen) atoms. The van der Waals surface area contributed by atoms with E-state index in [0.717, 1.165) is 0 Å². The maximum atomic E-state index is 11.9. The van der Waals surface area contributed by atoms with Crippen molar-refractivity contribution in [1.82, 2.24) is 10.2 Å².